The lowest BCUT2D eigenvalue weighted by Crippen LogP contribution is -2.28. The molecule has 1 aliphatic rings. The highest BCUT2D eigenvalue weighted by molar-refractivity contribution is 6.09. The van der Waals surface area contributed by atoms with Crippen molar-refractivity contribution in [2.75, 3.05) is 0 Å². The van der Waals surface area contributed by atoms with Crippen LogP contribution in [0.4, 0.5) is 0 Å². The van der Waals surface area contributed by atoms with Crippen LogP contribution in [0.15, 0.2) is 180 Å². The van der Waals surface area contributed by atoms with Crippen LogP contribution in [-0.4, -0.2) is 15.0 Å². The van der Waals surface area contributed by atoms with E-state index in [-0.39, 0.29) is 0 Å². The van der Waals surface area contributed by atoms with Crippen LogP contribution < -0.4 is 0 Å². The third kappa shape index (κ3) is 4.28. The number of hydrogen-bond donors (Lipinski definition) is 0. The topological polar surface area (TPSA) is 51.8 Å². The van der Waals surface area contributed by atoms with E-state index in [9.17, 15) is 0 Å². The zero-order valence-electron chi connectivity index (χ0n) is 27.0. The largest absolute Gasteiger partial charge is 0.456 e. The third-order valence-corrected chi connectivity index (χ3v) is 10.0. The molecule has 0 fully saturated rings. The fourth-order valence-electron chi connectivity index (χ4n) is 7.79. The van der Waals surface area contributed by atoms with E-state index in [2.05, 4.69) is 115 Å². The maximum absolute atomic E-state index is 6.76. The van der Waals surface area contributed by atoms with Crippen molar-refractivity contribution in [1.82, 2.24) is 15.0 Å². The van der Waals surface area contributed by atoms with Gasteiger partial charge in [-0.1, -0.05) is 152 Å². The summed E-state index contributed by atoms with van der Waals surface area (Å²) in [6.45, 7) is 0. The normalized spacial score (nSPS) is 13.0. The summed E-state index contributed by atoms with van der Waals surface area (Å²) in [6, 6.07) is 61.5. The van der Waals surface area contributed by atoms with Gasteiger partial charge in [-0.25, -0.2) is 15.0 Å². The van der Waals surface area contributed by atoms with Crippen molar-refractivity contribution in [1.29, 1.82) is 0 Å². The van der Waals surface area contributed by atoms with Crippen LogP contribution in [-0.2, 0) is 5.41 Å². The van der Waals surface area contributed by atoms with Gasteiger partial charge in [-0.15, -0.1) is 0 Å². The highest BCUT2D eigenvalue weighted by Crippen LogP contribution is 2.57. The van der Waals surface area contributed by atoms with E-state index in [0.29, 0.717) is 17.5 Å². The molecule has 0 aliphatic heterocycles. The molecule has 7 aromatic carbocycles. The van der Waals surface area contributed by atoms with Crippen molar-refractivity contribution < 1.29 is 4.42 Å². The quantitative estimate of drug-likeness (QED) is 0.188. The molecule has 2 heterocycles. The predicted molar refractivity (Wildman–Crippen MR) is 201 cm³/mol. The highest BCUT2D eigenvalue weighted by Gasteiger charge is 2.46. The molecular weight excluding hydrogens is 611 g/mol. The van der Waals surface area contributed by atoms with Crippen molar-refractivity contribution in [3.63, 3.8) is 0 Å². The average molecular weight is 640 g/mol. The number of hydrogen-bond acceptors (Lipinski definition) is 4. The Morgan fingerprint density at radius 3 is 1.46 bits per heavy atom. The standard InChI is InChI=1S/C46H29N3O/c1-5-15-30(16-6-1)43-47-44(31-17-7-2-8-18-31)49-45(48-43)32-25-26-36-38-28-37-35-23-13-14-24-39(35)46(33-19-9-3-10-20-33,34-21-11-4-12-22-34)40(37)29-42(38)50-41(36)27-32/h1-29H. The summed E-state index contributed by atoms with van der Waals surface area (Å²) in [5, 5.41) is 2.14. The van der Waals surface area contributed by atoms with Crippen molar-refractivity contribution >= 4 is 21.9 Å². The summed E-state index contributed by atoms with van der Waals surface area (Å²) >= 11 is 0. The summed E-state index contributed by atoms with van der Waals surface area (Å²) in [5.74, 6) is 1.86. The Morgan fingerprint density at radius 1 is 0.360 bits per heavy atom. The van der Waals surface area contributed by atoms with E-state index >= 15 is 0 Å². The van der Waals surface area contributed by atoms with Gasteiger partial charge in [-0.05, 0) is 57.6 Å². The lowest BCUT2D eigenvalue weighted by atomic mass is 9.67. The molecule has 9 aromatic rings. The van der Waals surface area contributed by atoms with Gasteiger partial charge < -0.3 is 4.42 Å². The third-order valence-electron chi connectivity index (χ3n) is 10.0. The average Bonchev–Trinajstić information content (AvgIpc) is 3.70. The fourth-order valence-corrected chi connectivity index (χ4v) is 7.79. The molecule has 0 unspecified atom stereocenters. The Bertz CT molecular complexity index is 2590. The van der Waals surface area contributed by atoms with Crippen molar-refractivity contribution in [2.24, 2.45) is 0 Å². The number of aromatic nitrogens is 3. The van der Waals surface area contributed by atoms with Gasteiger partial charge in [-0.3, -0.25) is 0 Å². The van der Waals surface area contributed by atoms with E-state index in [4.69, 9.17) is 19.4 Å². The first-order chi connectivity index (χ1) is 24.8. The molecule has 234 valence electrons. The van der Waals surface area contributed by atoms with E-state index in [1.165, 1.54) is 33.4 Å². The second-order valence-corrected chi connectivity index (χ2v) is 12.8. The van der Waals surface area contributed by atoms with Crippen molar-refractivity contribution in [3.8, 4) is 45.3 Å². The van der Waals surface area contributed by atoms with Crippen LogP contribution >= 0.6 is 0 Å². The Kier molecular flexibility index (Phi) is 6.36. The fraction of sp³-hybridized carbons (Fsp3) is 0.0217. The summed E-state index contributed by atoms with van der Waals surface area (Å²) < 4.78 is 6.76. The van der Waals surface area contributed by atoms with Gasteiger partial charge in [0.2, 0.25) is 0 Å². The number of rotatable bonds is 5. The first-order valence-corrected chi connectivity index (χ1v) is 16.9. The summed E-state index contributed by atoms with van der Waals surface area (Å²) in [5.41, 5.74) is 11.3. The highest BCUT2D eigenvalue weighted by atomic mass is 16.3. The molecule has 0 saturated carbocycles. The van der Waals surface area contributed by atoms with Gasteiger partial charge in [-0.2, -0.15) is 0 Å². The number of furan rings is 1. The van der Waals surface area contributed by atoms with Gasteiger partial charge in [0, 0.05) is 27.5 Å². The molecule has 4 nitrogen and oxygen atoms in total. The Balaban J connectivity index is 1.18. The summed E-state index contributed by atoms with van der Waals surface area (Å²) in [6.07, 6.45) is 0. The lowest BCUT2D eigenvalue weighted by molar-refractivity contribution is 0.666. The van der Waals surface area contributed by atoms with E-state index in [1.807, 2.05) is 60.7 Å². The second-order valence-electron chi connectivity index (χ2n) is 12.8. The molecule has 0 bridgehead atoms. The van der Waals surface area contributed by atoms with E-state index in [1.54, 1.807) is 0 Å². The first-order valence-electron chi connectivity index (χ1n) is 16.9. The minimum Gasteiger partial charge on any atom is -0.456 e. The van der Waals surface area contributed by atoms with Gasteiger partial charge in [0.1, 0.15) is 11.2 Å². The SMILES string of the molecule is c1ccc(-c2nc(-c3ccccc3)nc(-c3ccc4c(c3)oc3cc5c(cc34)-c3ccccc3C5(c3ccccc3)c3ccccc3)n2)cc1. The van der Waals surface area contributed by atoms with Crippen molar-refractivity contribution in [2.45, 2.75) is 5.41 Å². The minimum atomic E-state index is -0.487. The van der Waals surface area contributed by atoms with Gasteiger partial charge in [0.15, 0.2) is 17.5 Å². The Hall–Kier alpha value is -6.65. The first kappa shape index (κ1) is 28.4. The monoisotopic (exact) mass is 639 g/mol. The van der Waals surface area contributed by atoms with Crippen LogP contribution in [0, 0.1) is 0 Å². The molecule has 1 aliphatic carbocycles. The van der Waals surface area contributed by atoms with Gasteiger partial charge in [0.25, 0.3) is 0 Å². The maximum Gasteiger partial charge on any atom is 0.164 e. The molecule has 2 aromatic heterocycles. The summed E-state index contributed by atoms with van der Waals surface area (Å²) in [4.78, 5) is 14.8. The molecule has 0 spiro atoms. The second kappa shape index (κ2) is 11.2. The molecule has 4 heteroatoms. The van der Waals surface area contributed by atoms with Crippen LogP contribution in [0.1, 0.15) is 22.3 Å². The van der Waals surface area contributed by atoms with E-state index in [0.717, 1.165) is 38.6 Å². The van der Waals surface area contributed by atoms with Crippen LogP contribution in [0.25, 0.3) is 67.2 Å². The van der Waals surface area contributed by atoms with Gasteiger partial charge >= 0.3 is 0 Å². The lowest BCUT2D eigenvalue weighted by Gasteiger charge is -2.33. The van der Waals surface area contributed by atoms with Crippen molar-refractivity contribution in [3.05, 3.63) is 198 Å². The smallest absolute Gasteiger partial charge is 0.164 e. The molecule has 10 rings (SSSR count). The molecule has 0 amide bonds. The number of nitrogens with zero attached hydrogens (tertiary/aromatic N) is 3. The molecule has 0 N–H and O–H groups in total. The number of benzene rings is 7. The Morgan fingerprint density at radius 2 is 0.860 bits per heavy atom. The molecule has 0 saturated heterocycles. The molecular formula is C46H29N3O. The maximum atomic E-state index is 6.76. The molecule has 0 radical (unpaired) electrons. The zero-order chi connectivity index (χ0) is 33.1. The summed E-state index contributed by atoms with van der Waals surface area (Å²) in [7, 11) is 0. The molecule has 0 atom stereocenters. The molecule has 50 heavy (non-hydrogen) atoms. The van der Waals surface area contributed by atoms with Crippen LogP contribution in [0.5, 0.6) is 0 Å². The van der Waals surface area contributed by atoms with Crippen LogP contribution in [0.3, 0.4) is 0 Å². The van der Waals surface area contributed by atoms with E-state index < -0.39 is 5.41 Å². The zero-order valence-corrected chi connectivity index (χ0v) is 27.0. The van der Waals surface area contributed by atoms with Gasteiger partial charge in [0.05, 0.1) is 5.41 Å². The van der Waals surface area contributed by atoms with Crippen LogP contribution in [0.2, 0.25) is 0 Å². The number of fused-ring (bicyclic) bond motifs is 6. The predicted octanol–water partition coefficient (Wildman–Crippen LogP) is 11.1. The minimum absolute atomic E-state index is 0.487. The Labute approximate surface area is 289 Å².